The topological polar surface area (TPSA) is 71.5 Å². The van der Waals surface area contributed by atoms with Gasteiger partial charge in [-0.05, 0) is 66.8 Å². The van der Waals surface area contributed by atoms with Gasteiger partial charge in [-0.25, -0.2) is 4.98 Å². The number of fused-ring (bicyclic) bond motifs is 1. The highest BCUT2D eigenvalue weighted by molar-refractivity contribution is 7.80. The standard InChI is InChI=1S/C21H13Cl2N3O3S/c1-29-15-6-7-17-11(9-15)8-12(18(23)24-17)10-16-19(27)25-21(30)26(20(16)28)14-4-2-13(22)3-5-14/h2-10H,1H3,(H,25,27,30). The second-order valence-electron chi connectivity index (χ2n) is 6.36. The van der Waals surface area contributed by atoms with Crippen molar-refractivity contribution in [3.63, 3.8) is 0 Å². The summed E-state index contributed by atoms with van der Waals surface area (Å²) >= 11 is 17.4. The molecule has 0 saturated carbocycles. The summed E-state index contributed by atoms with van der Waals surface area (Å²) in [4.78, 5) is 31.2. The van der Waals surface area contributed by atoms with Gasteiger partial charge >= 0.3 is 0 Å². The third kappa shape index (κ3) is 3.75. The van der Waals surface area contributed by atoms with Crippen molar-refractivity contribution < 1.29 is 14.3 Å². The minimum absolute atomic E-state index is 0.0167. The van der Waals surface area contributed by atoms with E-state index in [1.807, 2.05) is 0 Å². The van der Waals surface area contributed by atoms with Crippen LogP contribution in [0.25, 0.3) is 17.0 Å². The summed E-state index contributed by atoms with van der Waals surface area (Å²) in [5.74, 6) is -0.541. The second-order valence-corrected chi connectivity index (χ2v) is 7.54. The number of anilines is 1. The lowest BCUT2D eigenvalue weighted by atomic mass is 10.1. The van der Waals surface area contributed by atoms with Gasteiger partial charge in [0.05, 0.1) is 18.3 Å². The summed E-state index contributed by atoms with van der Waals surface area (Å²) in [5.41, 5.74) is 1.43. The van der Waals surface area contributed by atoms with Gasteiger partial charge in [-0.3, -0.25) is 19.8 Å². The second kappa shape index (κ2) is 8.02. The van der Waals surface area contributed by atoms with Crippen LogP contribution in [0.3, 0.4) is 0 Å². The minimum Gasteiger partial charge on any atom is -0.497 e. The highest BCUT2D eigenvalue weighted by Gasteiger charge is 2.34. The number of hydrogen-bond donors (Lipinski definition) is 1. The first-order chi connectivity index (χ1) is 14.4. The first-order valence-electron chi connectivity index (χ1n) is 8.68. The van der Waals surface area contributed by atoms with E-state index in [4.69, 9.17) is 40.2 Å². The van der Waals surface area contributed by atoms with Crippen molar-refractivity contribution in [2.24, 2.45) is 0 Å². The van der Waals surface area contributed by atoms with E-state index in [9.17, 15) is 9.59 Å². The Bertz CT molecular complexity index is 1240. The summed E-state index contributed by atoms with van der Waals surface area (Å²) in [6, 6.07) is 13.6. The number of amides is 2. The number of benzene rings is 2. The molecule has 2 heterocycles. The minimum atomic E-state index is -0.614. The number of ether oxygens (including phenoxy) is 1. The Hall–Kier alpha value is -3.00. The lowest BCUT2D eigenvalue weighted by molar-refractivity contribution is -0.122. The number of hydrogen-bond acceptors (Lipinski definition) is 5. The molecular formula is C21H13Cl2N3O3S. The predicted molar refractivity (Wildman–Crippen MR) is 121 cm³/mol. The molecule has 4 rings (SSSR count). The van der Waals surface area contributed by atoms with E-state index in [1.54, 1.807) is 55.6 Å². The van der Waals surface area contributed by atoms with Crippen LogP contribution < -0.4 is 15.0 Å². The third-order valence-corrected chi connectivity index (χ3v) is 5.33. The van der Waals surface area contributed by atoms with Gasteiger partial charge in [-0.15, -0.1) is 0 Å². The molecule has 1 aliphatic rings. The molecule has 0 spiro atoms. The van der Waals surface area contributed by atoms with Crippen LogP contribution in [-0.4, -0.2) is 29.0 Å². The van der Waals surface area contributed by atoms with E-state index >= 15 is 0 Å². The summed E-state index contributed by atoms with van der Waals surface area (Å²) in [6.45, 7) is 0. The summed E-state index contributed by atoms with van der Waals surface area (Å²) in [7, 11) is 1.56. The first kappa shape index (κ1) is 20.3. The molecule has 30 heavy (non-hydrogen) atoms. The zero-order chi connectivity index (χ0) is 21.4. The van der Waals surface area contributed by atoms with Gasteiger partial charge < -0.3 is 4.74 Å². The SMILES string of the molecule is COc1ccc2nc(Cl)c(C=C3C(=O)NC(=S)N(c4ccc(Cl)cc4)C3=O)cc2c1. The molecule has 0 aliphatic carbocycles. The highest BCUT2D eigenvalue weighted by Crippen LogP contribution is 2.28. The molecule has 2 aromatic carbocycles. The average Bonchev–Trinajstić information content (AvgIpc) is 2.72. The number of carbonyl (C=O) groups excluding carboxylic acids is 2. The van der Waals surface area contributed by atoms with Crippen LogP contribution in [0, 0.1) is 0 Å². The number of aromatic nitrogens is 1. The van der Waals surface area contributed by atoms with Crippen LogP contribution in [0.15, 0.2) is 54.1 Å². The highest BCUT2D eigenvalue weighted by atomic mass is 35.5. The molecule has 3 aromatic rings. The number of pyridine rings is 1. The smallest absolute Gasteiger partial charge is 0.270 e. The van der Waals surface area contributed by atoms with Gasteiger partial charge in [0.1, 0.15) is 16.5 Å². The third-order valence-electron chi connectivity index (χ3n) is 4.49. The monoisotopic (exact) mass is 457 g/mol. The van der Waals surface area contributed by atoms with Crippen LogP contribution in [0.5, 0.6) is 5.75 Å². The maximum absolute atomic E-state index is 13.1. The molecule has 0 radical (unpaired) electrons. The Morgan fingerprint density at radius 1 is 1.10 bits per heavy atom. The molecule has 9 heteroatoms. The molecule has 6 nitrogen and oxygen atoms in total. The Kier molecular flexibility index (Phi) is 5.42. The maximum Gasteiger partial charge on any atom is 0.270 e. The fraction of sp³-hybridized carbons (Fsp3) is 0.0476. The molecule has 0 bridgehead atoms. The molecule has 2 amide bonds. The molecule has 1 aromatic heterocycles. The van der Waals surface area contributed by atoms with Crippen molar-refractivity contribution in [2.45, 2.75) is 0 Å². The van der Waals surface area contributed by atoms with E-state index in [-0.39, 0.29) is 15.8 Å². The summed E-state index contributed by atoms with van der Waals surface area (Å²) < 4.78 is 5.23. The Labute approximate surface area is 187 Å². The Morgan fingerprint density at radius 2 is 1.83 bits per heavy atom. The van der Waals surface area contributed by atoms with Crippen LogP contribution >= 0.6 is 35.4 Å². The van der Waals surface area contributed by atoms with Crippen LogP contribution in [0.1, 0.15) is 5.56 Å². The molecule has 1 N–H and O–H groups in total. The largest absolute Gasteiger partial charge is 0.497 e. The van der Waals surface area contributed by atoms with Crippen molar-refractivity contribution in [1.82, 2.24) is 10.3 Å². The number of nitrogens with one attached hydrogen (secondary N) is 1. The van der Waals surface area contributed by atoms with E-state index in [1.165, 1.54) is 11.0 Å². The predicted octanol–water partition coefficient (Wildman–Crippen LogP) is 4.38. The first-order valence-corrected chi connectivity index (χ1v) is 9.85. The van der Waals surface area contributed by atoms with Crippen LogP contribution in [0.2, 0.25) is 10.2 Å². The number of nitrogens with zero attached hydrogens (tertiary/aromatic N) is 2. The lowest BCUT2D eigenvalue weighted by Crippen LogP contribution is -2.54. The van der Waals surface area contributed by atoms with Crippen molar-refractivity contribution in [3.05, 3.63) is 69.8 Å². The number of carbonyl (C=O) groups is 2. The van der Waals surface area contributed by atoms with E-state index in [0.717, 1.165) is 5.39 Å². The Balaban J connectivity index is 1.78. The zero-order valence-electron chi connectivity index (χ0n) is 15.5. The van der Waals surface area contributed by atoms with Crippen molar-refractivity contribution >= 4 is 75.0 Å². The summed E-state index contributed by atoms with van der Waals surface area (Å²) in [5, 5.41) is 3.94. The fourth-order valence-corrected chi connectivity index (χ4v) is 3.62. The molecule has 1 aliphatic heterocycles. The van der Waals surface area contributed by atoms with Gasteiger partial charge in [0.25, 0.3) is 11.8 Å². The van der Waals surface area contributed by atoms with Crippen LogP contribution in [-0.2, 0) is 9.59 Å². The number of methoxy groups -OCH3 is 1. The average molecular weight is 458 g/mol. The number of halogens is 2. The van der Waals surface area contributed by atoms with Gasteiger partial charge in [0, 0.05) is 16.0 Å². The summed E-state index contributed by atoms with van der Waals surface area (Å²) in [6.07, 6.45) is 1.40. The Morgan fingerprint density at radius 3 is 2.53 bits per heavy atom. The number of thiocarbonyl (C=S) groups is 1. The van der Waals surface area contributed by atoms with Crippen molar-refractivity contribution in [2.75, 3.05) is 12.0 Å². The molecular weight excluding hydrogens is 445 g/mol. The van der Waals surface area contributed by atoms with Gasteiger partial charge in [0.15, 0.2) is 5.11 Å². The lowest BCUT2D eigenvalue weighted by Gasteiger charge is -2.29. The molecule has 1 saturated heterocycles. The van der Waals surface area contributed by atoms with E-state index in [0.29, 0.717) is 27.5 Å². The van der Waals surface area contributed by atoms with Crippen molar-refractivity contribution in [3.8, 4) is 5.75 Å². The van der Waals surface area contributed by atoms with Crippen molar-refractivity contribution in [1.29, 1.82) is 0 Å². The van der Waals surface area contributed by atoms with Gasteiger partial charge in [0.2, 0.25) is 0 Å². The van der Waals surface area contributed by atoms with E-state index in [2.05, 4.69) is 10.3 Å². The van der Waals surface area contributed by atoms with Crippen LogP contribution in [0.4, 0.5) is 5.69 Å². The molecule has 0 atom stereocenters. The molecule has 1 fully saturated rings. The quantitative estimate of drug-likeness (QED) is 0.273. The van der Waals surface area contributed by atoms with E-state index < -0.39 is 11.8 Å². The number of rotatable bonds is 3. The van der Waals surface area contributed by atoms with Gasteiger partial charge in [-0.2, -0.15) is 0 Å². The normalized spacial score (nSPS) is 15.6. The molecule has 150 valence electrons. The molecule has 0 unspecified atom stereocenters. The fourth-order valence-electron chi connectivity index (χ4n) is 3.01. The maximum atomic E-state index is 13.1. The van der Waals surface area contributed by atoms with Gasteiger partial charge in [-0.1, -0.05) is 23.2 Å². The zero-order valence-corrected chi connectivity index (χ0v) is 17.8.